The third-order valence-corrected chi connectivity index (χ3v) is 4.03. The van der Waals surface area contributed by atoms with Gasteiger partial charge in [0.2, 0.25) is 0 Å². The molecule has 2 rings (SSSR count). The van der Waals surface area contributed by atoms with Gasteiger partial charge in [0.15, 0.2) is 0 Å². The summed E-state index contributed by atoms with van der Waals surface area (Å²) in [6.07, 6.45) is 0. The van der Waals surface area contributed by atoms with E-state index in [1.54, 1.807) is 37.4 Å². The molecule has 0 spiro atoms. The second kappa shape index (κ2) is 8.64. The zero-order valence-corrected chi connectivity index (χ0v) is 14.8. The van der Waals surface area contributed by atoms with E-state index in [1.807, 2.05) is 18.2 Å². The molecule has 6 heteroatoms. The largest absolute Gasteiger partial charge is 0.383 e. The number of methoxy groups -OCH3 is 1. The van der Waals surface area contributed by atoms with Crippen molar-refractivity contribution in [3.8, 4) is 0 Å². The highest BCUT2D eigenvalue weighted by atomic mass is 127. The molecule has 0 atom stereocenters. The Kier molecular flexibility index (Phi) is 6.54. The summed E-state index contributed by atoms with van der Waals surface area (Å²) in [6.45, 7) is 0.892. The topological polar surface area (TPSA) is 67.4 Å². The number of carbonyl (C=O) groups is 2. The van der Waals surface area contributed by atoms with Gasteiger partial charge in [0, 0.05) is 28.5 Å². The number of rotatable bonds is 6. The van der Waals surface area contributed by atoms with Gasteiger partial charge in [0.25, 0.3) is 11.8 Å². The Hall–Kier alpha value is -1.93. The van der Waals surface area contributed by atoms with E-state index < -0.39 is 0 Å². The van der Waals surface area contributed by atoms with Gasteiger partial charge in [-0.15, -0.1) is 0 Å². The maximum absolute atomic E-state index is 12.3. The molecule has 0 saturated carbocycles. The smallest absolute Gasteiger partial charge is 0.256 e. The second-order valence-corrected chi connectivity index (χ2v) is 5.93. The monoisotopic (exact) mass is 424 g/mol. The molecule has 0 heterocycles. The molecule has 0 bridgehead atoms. The van der Waals surface area contributed by atoms with Gasteiger partial charge in [-0.2, -0.15) is 0 Å². The normalized spacial score (nSPS) is 10.2. The molecule has 0 fully saturated rings. The second-order valence-electron chi connectivity index (χ2n) is 4.76. The molecular weight excluding hydrogens is 407 g/mol. The van der Waals surface area contributed by atoms with Crippen molar-refractivity contribution in [2.75, 3.05) is 25.6 Å². The minimum Gasteiger partial charge on any atom is -0.383 e. The summed E-state index contributed by atoms with van der Waals surface area (Å²) in [5.41, 5.74) is 1.67. The lowest BCUT2D eigenvalue weighted by Crippen LogP contribution is -2.27. The van der Waals surface area contributed by atoms with Crippen molar-refractivity contribution in [3.63, 3.8) is 0 Å². The number of amides is 2. The van der Waals surface area contributed by atoms with Crippen LogP contribution in [0.4, 0.5) is 5.69 Å². The number of hydrogen-bond donors (Lipinski definition) is 2. The Bertz CT molecular complexity index is 704. The molecule has 0 aromatic heterocycles. The van der Waals surface area contributed by atoms with Gasteiger partial charge in [-0.3, -0.25) is 9.59 Å². The Morgan fingerprint density at radius 2 is 1.87 bits per heavy atom. The molecule has 0 aliphatic rings. The molecule has 23 heavy (non-hydrogen) atoms. The number of hydrogen-bond acceptors (Lipinski definition) is 3. The molecule has 0 radical (unpaired) electrons. The van der Waals surface area contributed by atoms with Crippen LogP contribution in [-0.2, 0) is 4.74 Å². The molecule has 2 N–H and O–H groups in total. The molecule has 5 nitrogen and oxygen atoms in total. The Labute approximate surface area is 148 Å². The molecule has 2 aromatic rings. The Morgan fingerprint density at radius 1 is 1.09 bits per heavy atom. The zero-order valence-electron chi connectivity index (χ0n) is 12.6. The van der Waals surface area contributed by atoms with Gasteiger partial charge < -0.3 is 15.4 Å². The quantitative estimate of drug-likeness (QED) is 0.554. The van der Waals surface area contributed by atoms with Crippen LogP contribution < -0.4 is 10.6 Å². The number of halogens is 1. The van der Waals surface area contributed by atoms with E-state index in [0.717, 1.165) is 3.57 Å². The molecular formula is C17H17IN2O3. The molecule has 0 aliphatic heterocycles. The molecule has 0 saturated heterocycles. The Morgan fingerprint density at radius 3 is 2.61 bits per heavy atom. The third-order valence-electron chi connectivity index (χ3n) is 3.09. The average Bonchev–Trinajstić information content (AvgIpc) is 2.55. The number of carbonyl (C=O) groups excluding carboxylic acids is 2. The summed E-state index contributed by atoms with van der Waals surface area (Å²) in [5.74, 6) is -0.403. The predicted octanol–water partition coefficient (Wildman–Crippen LogP) is 2.92. The van der Waals surface area contributed by atoms with E-state index in [1.165, 1.54) is 0 Å². The minimum absolute atomic E-state index is 0.201. The molecule has 0 unspecified atom stereocenters. The van der Waals surface area contributed by atoms with E-state index in [4.69, 9.17) is 4.74 Å². The standard InChI is InChI=1S/C17H17IN2O3/c1-23-10-9-19-16(21)12-5-4-6-13(11-12)20-17(22)14-7-2-3-8-15(14)18/h2-8,11H,9-10H2,1H3,(H,19,21)(H,20,22). The maximum Gasteiger partial charge on any atom is 0.256 e. The highest BCUT2D eigenvalue weighted by Gasteiger charge is 2.11. The highest BCUT2D eigenvalue weighted by molar-refractivity contribution is 14.1. The van der Waals surface area contributed by atoms with Crippen LogP contribution in [-0.4, -0.2) is 32.1 Å². The number of ether oxygens (including phenoxy) is 1. The number of anilines is 1. The summed E-state index contributed by atoms with van der Waals surface area (Å²) in [4.78, 5) is 24.3. The lowest BCUT2D eigenvalue weighted by Gasteiger charge is -2.09. The number of benzene rings is 2. The Balaban J connectivity index is 2.07. The van der Waals surface area contributed by atoms with Crippen molar-refractivity contribution in [3.05, 3.63) is 63.2 Å². The summed E-state index contributed by atoms with van der Waals surface area (Å²) in [7, 11) is 1.58. The van der Waals surface area contributed by atoms with Crippen LogP contribution in [0.5, 0.6) is 0 Å². The van der Waals surface area contributed by atoms with Gasteiger partial charge in [0.1, 0.15) is 0 Å². The zero-order chi connectivity index (χ0) is 16.7. The van der Waals surface area contributed by atoms with Crippen LogP contribution in [0.2, 0.25) is 0 Å². The molecule has 2 aromatic carbocycles. The van der Waals surface area contributed by atoms with Gasteiger partial charge >= 0.3 is 0 Å². The first-order valence-electron chi connectivity index (χ1n) is 7.05. The van der Waals surface area contributed by atoms with Crippen molar-refractivity contribution in [2.24, 2.45) is 0 Å². The maximum atomic E-state index is 12.3. The van der Waals surface area contributed by atoms with Crippen LogP contribution in [0.1, 0.15) is 20.7 Å². The summed E-state index contributed by atoms with van der Waals surface area (Å²) in [6, 6.07) is 14.2. The third kappa shape index (κ3) is 5.04. The summed E-state index contributed by atoms with van der Waals surface area (Å²) in [5, 5.41) is 5.56. The van der Waals surface area contributed by atoms with Crippen molar-refractivity contribution >= 4 is 40.1 Å². The fourth-order valence-corrected chi connectivity index (χ4v) is 2.58. The minimum atomic E-state index is -0.202. The first-order chi connectivity index (χ1) is 11.1. The average molecular weight is 424 g/mol. The van der Waals surface area contributed by atoms with Gasteiger partial charge in [-0.05, 0) is 52.9 Å². The van der Waals surface area contributed by atoms with E-state index in [9.17, 15) is 9.59 Å². The fraction of sp³-hybridized carbons (Fsp3) is 0.176. The number of nitrogens with one attached hydrogen (secondary N) is 2. The van der Waals surface area contributed by atoms with E-state index in [-0.39, 0.29) is 11.8 Å². The van der Waals surface area contributed by atoms with Crippen molar-refractivity contribution < 1.29 is 14.3 Å². The summed E-state index contributed by atoms with van der Waals surface area (Å²) < 4.78 is 5.76. The van der Waals surface area contributed by atoms with E-state index in [0.29, 0.717) is 30.0 Å². The van der Waals surface area contributed by atoms with Crippen molar-refractivity contribution in [1.29, 1.82) is 0 Å². The first-order valence-corrected chi connectivity index (χ1v) is 8.13. The van der Waals surface area contributed by atoms with Gasteiger partial charge in [0.05, 0.1) is 12.2 Å². The fourth-order valence-electron chi connectivity index (χ4n) is 1.95. The van der Waals surface area contributed by atoms with Crippen LogP contribution in [0.3, 0.4) is 0 Å². The van der Waals surface area contributed by atoms with Crippen LogP contribution in [0.25, 0.3) is 0 Å². The first kappa shape index (κ1) is 17.4. The van der Waals surface area contributed by atoms with Gasteiger partial charge in [-0.25, -0.2) is 0 Å². The lowest BCUT2D eigenvalue weighted by atomic mass is 10.1. The van der Waals surface area contributed by atoms with Crippen molar-refractivity contribution in [1.82, 2.24) is 5.32 Å². The van der Waals surface area contributed by atoms with Gasteiger partial charge in [-0.1, -0.05) is 18.2 Å². The van der Waals surface area contributed by atoms with E-state index in [2.05, 4.69) is 33.2 Å². The summed E-state index contributed by atoms with van der Waals surface area (Å²) >= 11 is 2.12. The molecule has 2 amide bonds. The van der Waals surface area contributed by atoms with E-state index >= 15 is 0 Å². The SMILES string of the molecule is COCCNC(=O)c1cccc(NC(=O)c2ccccc2I)c1. The van der Waals surface area contributed by atoms with Crippen LogP contribution in [0, 0.1) is 3.57 Å². The molecule has 0 aliphatic carbocycles. The van der Waals surface area contributed by atoms with Crippen molar-refractivity contribution in [2.45, 2.75) is 0 Å². The lowest BCUT2D eigenvalue weighted by molar-refractivity contribution is 0.0936. The predicted molar refractivity (Wildman–Crippen MR) is 97.8 cm³/mol. The van der Waals surface area contributed by atoms with Crippen LogP contribution >= 0.6 is 22.6 Å². The van der Waals surface area contributed by atoms with Crippen LogP contribution in [0.15, 0.2) is 48.5 Å². The highest BCUT2D eigenvalue weighted by Crippen LogP contribution is 2.16. The molecule has 120 valence electrons.